The lowest BCUT2D eigenvalue weighted by Crippen LogP contribution is -2.38. The van der Waals surface area contributed by atoms with E-state index >= 15 is 0 Å². The molecule has 0 aliphatic heterocycles. The van der Waals surface area contributed by atoms with Gasteiger partial charge in [0.25, 0.3) is 5.91 Å². The molecule has 1 heterocycles. The van der Waals surface area contributed by atoms with Crippen LogP contribution in [0.15, 0.2) is 36.5 Å². The van der Waals surface area contributed by atoms with Crippen molar-refractivity contribution in [2.45, 2.75) is 12.5 Å². The van der Waals surface area contributed by atoms with Crippen LogP contribution in [0, 0.1) is 6.92 Å². The Kier molecular flexibility index (Phi) is 6.51. The summed E-state index contributed by atoms with van der Waals surface area (Å²) in [5.41, 5.74) is 0.406. The zero-order chi connectivity index (χ0) is 16.8. The smallest absolute Gasteiger partial charge is 0.253 e. The van der Waals surface area contributed by atoms with Gasteiger partial charge in [0.05, 0.1) is 27.8 Å². The lowest BCUT2D eigenvalue weighted by Gasteiger charge is -2.18. The highest BCUT2D eigenvalue weighted by Crippen LogP contribution is 2.23. The molecule has 0 spiro atoms. The Labute approximate surface area is 149 Å². The van der Waals surface area contributed by atoms with Crippen molar-refractivity contribution < 1.29 is 9.53 Å². The van der Waals surface area contributed by atoms with E-state index < -0.39 is 0 Å². The van der Waals surface area contributed by atoms with Gasteiger partial charge in [-0.1, -0.05) is 53.9 Å². The van der Waals surface area contributed by atoms with Crippen LogP contribution >= 0.6 is 34.8 Å². The Bertz CT molecular complexity index is 695. The molecule has 121 valence electrons. The summed E-state index contributed by atoms with van der Waals surface area (Å²) in [6, 6.07) is 8.10. The van der Waals surface area contributed by atoms with E-state index in [1.54, 1.807) is 30.3 Å². The van der Waals surface area contributed by atoms with E-state index in [2.05, 4.69) is 17.2 Å². The first-order chi connectivity index (χ1) is 11.0. The van der Waals surface area contributed by atoms with Gasteiger partial charge in [-0.3, -0.25) is 4.79 Å². The molecular formula is C16H14Cl3N2O2. The first-order valence-corrected chi connectivity index (χ1v) is 7.93. The van der Waals surface area contributed by atoms with Gasteiger partial charge in [-0.05, 0) is 18.6 Å². The average molecular weight is 373 g/mol. The largest absolute Gasteiger partial charge is 0.490 e. The molecule has 0 aliphatic rings. The second kappa shape index (κ2) is 8.39. The molecule has 1 atom stereocenters. The van der Waals surface area contributed by atoms with Gasteiger partial charge in [-0.15, -0.1) is 0 Å². The number of halogens is 3. The number of rotatable bonds is 6. The van der Waals surface area contributed by atoms with E-state index in [-0.39, 0.29) is 23.7 Å². The first kappa shape index (κ1) is 17.9. The maximum Gasteiger partial charge on any atom is 0.253 e. The van der Waals surface area contributed by atoms with Crippen molar-refractivity contribution >= 4 is 40.7 Å². The normalized spacial score (nSPS) is 11.8. The monoisotopic (exact) mass is 371 g/mol. The number of ether oxygens (including phenoxy) is 1. The number of hydrogen-bond acceptors (Lipinski definition) is 3. The third-order valence-electron chi connectivity index (χ3n) is 3.02. The molecule has 1 amide bonds. The standard InChI is InChI=1S/C16H14Cl3N2O2/c1-2-10(9-23-11-7-14(18)15(19)20-8-11)21-16(22)12-5-3-4-6-13(12)17/h3-8,10H,1-2,9H2,(H,21,22). The van der Waals surface area contributed by atoms with Gasteiger partial charge in [0.15, 0.2) is 0 Å². The third-order valence-corrected chi connectivity index (χ3v) is 4.04. The second-order valence-electron chi connectivity index (χ2n) is 4.69. The lowest BCUT2D eigenvalue weighted by atomic mass is 10.1. The van der Waals surface area contributed by atoms with Crippen LogP contribution in [0.4, 0.5) is 0 Å². The van der Waals surface area contributed by atoms with Crippen LogP contribution in [-0.2, 0) is 0 Å². The van der Waals surface area contributed by atoms with Crippen molar-refractivity contribution in [2.24, 2.45) is 0 Å². The first-order valence-electron chi connectivity index (χ1n) is 6.79. The topological polar surface area (TPSA) is 51.2 Å². The van der Waals surface area contributed by atoms with Crippen molar-refractivity contribution in [1.29, 1.82) is 0 Å². The number of hydrogen-bond donors (Lipinski definition) is 1. The van der Waals surface area contributed by atoms with Crippen LogP contribution in [-0.4, -0.2) is 23.5 Å². The van der Waals surface area contributed by atoms with Crippen LogP contribution in [0.5, 0.6) is 5.75 Å². The van der Waals surface area contributed by atoms with Gasteiger partial charge in [-0.2, -0.15) is 0 Å². The zero-order valence-electron chi connectivity index (χ0n) is 12.1. The van der Waals surface area contributed by atoms with Crippen molar-refractivity contribution in [1.82, 2.24) is 10.3 Å². The summed E-state index contributed by atoms with van der Waals surface area (Å²) in [7, 11) is 0. The summed E-state index contributed by atoms with van der Waals surface area (Å²) in [6.45, 7) is 4.03. The van der Waals surface area contributed by atoms with Crippen LogP contribution in [0.2, 0.25) is 15.2 Å². The van der Waals surface area contributed by atoms with E-state index in [1.807, 2.05) is 0 Å². The maximum absolute atomic E-state index is 12.2. The van der Waals surface area contributed by atoms with E-state index in [0.717, 1.165) is 0 Å². The van der Waals surface area contributed by atoms with E-state index in [4.69, 9.17) is 39.5 Å². The minimum atomic E-state index is -0.284. The molecule has 0 aliphatic carbocycles. The molecule has 23 heavy (non-hydrogen) atoms. The van der Waals surface area contributed by atoms with Crippen molar-refractivity contribution in [3.05, 3.63) is 64.2 Å². The highest BCUT2D eigenvalue weighted by molar-refractivity contribution is 6.41. The van der Waals surface area contributed by atoms with Gasteiger partial charge in [0.1, 0.15) is 17.5 Å². The third kappa shape index (κ3) is 4.99. The second-order valence-corrected chi connectivity index (χ2v) is 5.87. The van der Waals surface area contributed by atoms with E-state index in [9.17, 15) is 4.79 Å². The molecular weight excluding hydrogens is 359 g/mol. The molecule has 1 aromatic carbocycles. The number of carbonyl (C=O) groups excluding carboxylic acids is 1. The minimum absolute atomic E-state index is 0.208. The maximum atomic E-state index is 12.2. The molecule has 4 nitrogen and oxygen atoms in total. The van der Waals surface area contributed by atoms with Gasteiger partial charge in [0.2, 0.25) is 0 Å². The number of aromatic nitrogens is 1. The van der Waals surface area contributed by atoms with Gasteiger partial charge >= 0.3 is 0 Å². The Morgan fingerprint density at radius 2 is 2.00 bits per heavy atom. The number of carbonyl (C=O) groups is 1. The van der Waals surface area contributed by atoms with Gasteiger partial charge in [0, 0.05) is 6.07 Å². The Morgan fingerprint density at radius 1 is 1.26 bits per heavy atom. The van der Waals surface area contributed by atoms with Gasteiger partial charge < -0.3 is 10.1 Å². The molecule has 0 fully saturated rings. The Balaban J connectivity index is 1.96. The fourth-order valence-electron chi connectivity index (χ4n) is 1.79. The van der Waals surface area contributed by atoms with Gasteiger partial charge in [-0.25, -0.2) is 4.98 Å². The summed E-state index contributed by atoms with van der Waals surface area (Å²) in [4.78, 5) is 16.1. The number of nitrogens with zero attached hydrogens (tertiary/aromatic N) is 1. The number of amides is 1. The molecule has 2 aromatic rings. The number of pyridine rings is 1. The lowest BCUT2D eigenvalue weighted by molar-refractivity contribution is 0.0922. The molecule has 7 heteroatoms. The van der Waals surface area contributed by atoms with Crippen molar-refractivity contribution in [3.8, 4) is 5.75 Å². The summed E-state index contributed by atoms with van der Waals surface area (Å²) in [6.07, 6.45) is 1.91. The number of nitrogens with one attached hydrogen (secondary N) is 1. The van der Waals surface area contributed by atoms with Crippen molar-refractivity contribution in [3.63, 3.8) is 0 Å². The quantitative estimate of drug-likeness (QED) is 0.763. The molecule has 1 N–H and O–H groups in total. The van der Waals surface area contributed by atoms with Crippen LogP contribution < -0.4 is 10.1 Å². The summed E-state index contributed by atoms with van der Waals surface area (Å²) in [5.74, 6) is 0.185. The zero-order valence-corrected chi connectivity index (χ0v) is 14.3. The highest BCUT2D eigenvalue weighted by atomic mass is 35.5. The molecule has 0 saturated heterocycles. The minimum Gasteiger partial charge on any atom is -0.490 e. The summed E-state index contributed by atoms with van der Waals surface area (Å²) in [5, 5.41) is 3.73. The molecule has 1 radical (unpaired) electrons. The molecule has 0 saturated carbocycles. The Hall–Kier alpha value is -1.49. The van der Waals surface area contributed by atoms with Crippen LogP contribution in [0.1, 0.15) is 16.8 Å². The van der Waals surface area contributed by atoms with E-state index in [0.29, 0.717) is 27.8 Å². The summed E-state index contributed by atoms with van der Waals surface area (Å²) >= 11 is 17.6. The highest BCUT2D eigenvalue weighted by Gasteiger charge is 2.15. The average Bonchev–Trinajstić information content (AvgIpc) is 2.54. The molecule has 2 rings (SSSR count). The fraction of sp³-hybridized carbons (Fsp3) is 0.188. The molecule has 0 bridgehead atoms. The number of benzene rings is 1. The summed E-state index contributed by atoms with van der Waals surface area (Å²) < 4.78 is 5.57. The van der Waals surface area contributed by atoms with E-state index in [1.165, 1.54) is 6.20 Å². The van der Waals surface area contributed by atoms with Crippen LogP contribution in [0.3, 0.4) is 0 Å². The van der Waals surface area contributed by atoms with Crippen molar-refractivity contribution in [2.75, 3.05) is 6.61 Å². The predicted octanol–water partition coefficient (Wildman–Crippen LogP) is 4.44. The Morgan fingerprint density at radius 3 is 2.65 bits per heavy atom. The molecule has 1 aromatic heterocycles. The predicted molar refractivity (Wildman–Crippen MR) is 92.4 cm³/mol. The SMILES string of the molecule is [CH2]CC(COc1cnc(Cl)c(Cl)c1)NC(=O)c1ccccc1Cl. The van der Waals surface area contributed by atoms with Crippen LogP contribution in [0.25, 0.3) is 0 Å². The molecule has 1 unspecified atom stereocenters. The fourth-order valence-corrected chi connectivity index (χ4v) is 2.27.